The summed E-state index contributed by atoms with van der Waals surface area (Å²) in [4.78, 5) is 10.2. The summed E-state index contributed by atoms with van der Waals surface area (Å²) in [7, 11) is 0. The molecule has 0 radical (unpaired) electrons. The summed E-state index contributed by atoms with van der Waals surface area (Å²) >= 11 is 5.95. The summed E-state index contributed by atoms with van der Waals surface area (Å²) < 4.78 is 0. The van der Waals surface area contributed by atoms with Gasteiger partial charge in [-0.3, -0.25) is 10.1 Å². The Hall–Kier alpha value is -2.27. The number of nitrogens with zero attached hydrogens (tertiary/aromatic N) is 1. The molecule has 0 bridgehead atoms. The van der Waals surface area contributed by atoms with Gasteiger partial charge in [-0.05, 0) is 30.7 Å². The lowest BCUT2D eigenvalue weighted by Gasteiger charge is -2.17. The van der Waals surface area contributed by atoms with Gasteiger partial charge < -0.3 is 11.1 Å². The average Bonchev–Trinajstić information content (AvgIpc) is 2.40. The Morgan fingerprint density at radius 2 is 2.05 bits per heavy atom. The lowest BCUT2D eigenvalue weighted by Crippen LogP contribution is -2.08. The number of nitrogen functional groups attached to an aromatic ring is 1. The van der Waals surface area contributed by atoms with Gasteiger partial charge in [0.2, 0.25) is 0 Å². The first-order chi connectivity index (χ1) is 9.47. The van der Waals surface area contributed by atoms with Crippen molar-refractivity contribution in [3.8, 4) is 0 Å². The van der Waals surface area contributed by atoms with E-state index in [2.05, 4.69) is 5.32 Å². The Morgan fingerprint density at radius 3 is 2.65 bits per heavy atom. The van der Waals surface area contributed by atoms with Crippen molar-refractivity contribution in [3.63, 3.8) is 0 Å². The van der Waals surface area contributed by atoms with Crippen molar-refractivity contribution >= 4 is 28.7 Å². The SMILES string of the molecule is CC(Nc1ccc([N+](=O)[O-])cc1N)c1cccc(Cl)c1. The van der Waals surface area contributed by atoms with Crippen LogP contribution in [0, 0.1) is 10.1 Å². The predicted octanol–water partition coefficient (Wildman–Crippen LogP) is 4.00. The van der Waals surface area contributed by atoms with Crippen LogP contribution < -0.4 is 11.1 Å². The number of benzene rings is 2. The first kappa shape index (κ1) is 14.1. The van der Waals surface area contributed by atoms with Crippen molar-refractivity contribution in [1.82, 2.24) is 0 Å². The third kappa shape index (κ3) is 3.19. The van der Waals surface area contributed by atoms with Gasteiger partial charge in [0, 0.05) is 23.2 Å². The minimum absolute atomic E-state index is 0.0162. The van der Waals surface area contributed by atoms with Crippen molar-refractivity contribution in [2.75, 3.05) is 11.1 Å². The van der Waals surface area contributed by atoms with Crippen LogP contribution in [-0.4, -0.2) is 4.92 Å². The Labute approximate surface area is 121 Å². The molecule has 20 heavy (non-hydrogen) atoms. The highest BCUT2D eigenvalue weighted by Crippen LogP contribution is 2.28. The van der Waals surface area contributed by atoms with E-state index in [0.717, 1.165) is 5.56 Å². The third-order valence-corrected chi connectivity index (χ3v) is 3.20. The van der Waals surface area contributed by atoms with Crippen molar-refractivity contribution in [2.24, 2.45) is 0 Å². The van der Waals surface area contributed by atoms with Crippen LogP contribution in [0.15, 0.2) is 42.5 Å². The first-order valence-corrected chi connectivity index (χ1v) is 6.41. The molecular weight excluding hydrogens is 278 g/mol. The molecule has 0 aliphatic heterocycles. The lowest BCUT2D eigenvalue weighted by atomic mass is 10.1. The van der Waals surface area contributed by atoms with E-state index >= 15 is 0 Å². The normalized spacial score (nSPS) is 11.9. The van der Waals surface area contributed by atoms with E-state index in [-0.39, 0.29) is 11.7 Å². The summed E-state index contributed by atoms with van der Waals surface area (Å²) in [5.41, 5.74) is 7.80. The Kier molecular flexibility index (Phi) is 4.10. The van der Waals surface area contributed by atoms with Crippen LogP contribution in [0.2, 0.25) is 5.02 Å². The fraction of sp³-hybridized carbons (Fsp3) is 0.143. The van der Waals surface area contributed by atoms with E-state index in [9.17, 15) is 10.1 Å². The first-order valence-electron chi connectivity index (χ1n) is 6.03. The van der Waals surface area contributed by atoms with Crippen LogP contribution in [0.5, 0.6) is 0 Å². The summed E-state index contributed by atoms with van der Waals surface area (Å²) in [5.74, 6) is 0. The van der Waals surface area contributed by atoms with E-state index in [1.54, 1.807) is 12.1 Å². The zero-order valence-electron chi connectivity index (χ0n) is 10.8. The van der Waals surface area contributed by atoms with Crippen molar-refractivity contribution < 1.29 is 4.92 Å². The van der Waals surface area contributed by atoms with Crippen molar-refractivity contribution in [3.05, 3.63) is 63.2 Å². The van der Waals surface area contributed by atoms with Gasteiger partial charge in [0.15, 0.2) is 0 Å². The third-order valence-electron chi connectivity index (χ3n) is 2.97. The zero-order chi connectivity index (χ0) is 14.7. The molecular formula is C14H14ClN3O2. The van der Waals surface area contributed by atoms with Crippen molar-refractivity contribution in [1.29, 1.82) is 0 Å². The minimum atomic E-state index is -0.472. The molecule has 2 rings (SSSR count). The van der Waals surface area contributed by atoms with Gasteiger partial charge in [-0.1, -0.05) is 23.7 Å². The standard InChI is InChI=1S/C14H14ClN3O2/c1-9(10-3-2-4-11(15)7-10)17-14-6-5-12(18(19)20)8-13(14)16/h2-9,17H,16H2,1H3. The molecule has 5 nitrogen and oxygen atoms in total. The average molecular weight is 292 g/mol. The number of nitro groups is 1. The molecule has 104 valence electrons. The van der Waals surface area contributed by atoms with Gasteiger partial charge in [0.05, 0.1) is 16.3 Å². The fourth-order valence-electron chi connectivity index (χ4n) is 1.89. The maximum atomic E-state index is 10.7. The molecule has 0 saturated carbocycles. The van der Waals surface area contributed by atoms with E-state index in [1.165, 1.54) is 12.1 Å². The van der Waals surface area contributed by atoms with Crippen molar-refractivity contribution in [2.45, 2.75) is 13.0 Å². The molecule has 0 saturated heterocycles. The fourth-order valence-corrected chi connectivity index (χ4v) is 2.09. The molecule has 0 spiro atoms. The number of nitrogens with one attached hydrogen (secondary N) is 1. The zero-order valence-corrected chi connectivity index (χ0v) is 11.6. The number of anilines is 2. The monoisotopic (exact) mass is 291 g/mol. The number of rotatable bonds is 4. The maximum absolute atomic E-state index is 10.7. The summed E-state index contributed by atoms with van der Waals surface area (Å²) in [6.45, 7) is 1.96. The van der Waals surface area contributed by atoms with Crippen LogP contribution in [-0.2, 0) is 0 Å². The summed E-state index contributed by atoms with van der Waals surface area (Å²) in [6.07, 6.45) is 0. The molecule has 0 aliphatic rings. The molecule has 0 aliphatic carbocycles. The predicted molar refractivity (Wildman–Crippen MR) is 81.0 cm³/mol. The molecule has 6 heteroatoms. The van der Waals surface area contributed by atoms with Crippen LogP contribution in [0.25, 0.3) is 0 Å². The Balaban J connectivity index is 2.19. The second-order valence-electron chi connectivity index (χ2n) is 4.45. The molecule has 0 heterocycles. The highest BCUT2D eigenvalue weighted by molar-refractivity contribution is 6.30. The van der Waals surface area contributed by atoms with Gasteiger partial charge in [-0.15, -0.1) is 0 Å². The number of nitrogens with two attached hydrogens (primary N) is 1. The van der Waals surface area contributed by atoms with Gasteiger partial charge >= 0.3 is 0 Å². The highest BCUT2D eigenvalue weighted by Gasteiger charge is 2.11. The van der Waals surface area contributed by atoms with Crippen LogP contribution in [0.1, 0.15) is 18.5 Å². The number of hydrogen-bond donors (Lipinski definition) is 2. The smallest absolute Gasteiger partial charge is 0.271 e. The topological polar surface area (TPSA) is 81.2 Å². The second-order valence-corrected chi connectivity index (χ2v) is 4.89. The van der Waals surface area contributed by atoms with Gasteiger partial charge in [-0.25, -0.2) is 0 Å². The van der Waals surface area contributed by atoms with Gasteiger partial charge in [-0.2, -0.15) is 0 Å². The minimum Gasteiger partial charge on any atom is -0.397 e. The summed E-state index contributed by atoms with van der Waals surface area (Å²) in [5, 5.41) is 14.5. The summed E-state index contributed by atoms with van der Waals surface area (Å²) in [6, 6.07) is 11.8. The molecule has 2 aromatic carbocycles. The van der Waals surface area contributed by atoms with Crippen LogP contribution in [0.4, 0.5) is 17.1 Å². The lowest BCUT2D eigenvalue weighted by molar-refractivity contribution is -0.384. The number of hydrogen-bond acceptors (Lipinski definition) is 4. The molecule has 3 N–H and O–H groups in total. The van der Waals surface area contributed by atoms with E-state index in [4.69, 9.17) is 17.3 Å². The number of nitro benzene ring substituents is 1. The number of non-ortho nitro benzene ring substituents is 1. The van der Waals surface area contributed by atoms with E-state index in [1.807, 2.05) is 25.1 Å². The molecule has 2 aromatic rings. The molecule has 0 amide bonds. The van der Waals surface area contributed by atoms with E-state index < -0.39 is 4.92 Å². The molecule has 1 unspecified atom stereocenters. The van der Waals surface area contributed by atoms with Gasteiger partial charge in [0.25, 0.3) is 5.69 Å². The highest BCUT2D eigenvalue weighted by atomic mass is 35.5. The van der Waals surface area contributed by atoms with Crippen LogP contribution in [0.3, 0.4) is 0 Å². The Bertz CT molecular complexity index is 646. The maximum Gasteiger partial charge on any atom is 0.271 e. The quantitative estimate of drug-likeness (QED) is 0.507. The molecule has 0 fully saturated rings. The second kappa shape index (κ2) is 5.79. The van der Waals surface area contributed by atoms with E-state index in [0.29, 0.717) is 16.4 Å². The van der Waals surface area contributed by atoms with Gasteiger partial charge in [0.1, 0.15) is 0 Å². The molecule has 1 atom stereocenters. The number of halogens is 1. The Morgan fingerprint density at radius 1 is 1.30 bits per heavy atom. The molecule has 0 aromatic heterocycles. The largest absolute Gasteiger partial charge is 0.397 e. The van der Waals surface area contributed by atoms with Crippen LogP contribution >= 0.6 is 11.6 Å².